The molecule has 0 fully saturated rings. The molecule has 0 saturated carbocycles. The quantitative estimate of drug-likeness (QED) is 0.683. The summed E-state index contributed by atoms with van der Waals surface area (Å²) in [7, 11) is -3.73. The van der Waals surface area contributed by atoms with Crippen LogP contribution in [0.3, 0.4) is 0 Å². The van der Waals surface area contributed by atoms with Crippen LogP contribution in [0, 0.1) is 5.92 Å². The topological polar surface area (TPSA) is 95.5 Å². The molecule has 118 valence electrons. The fourth-order valence-corrected chi connectivity index (χ4v) is 2.99. The number of sulfonamides is 1. The average molecular weight is 314 g/mol. The van der Waals surface area contributed by atoms with Gasteiger partial charge in [-0.05, 0) is 30.5 Å². The van der Waals surface area contributed by atoms with E-state index in [-0.39, 0.29) is 10.5 Å². The first-order chi connectivity index (χ1) is 9.77. The van der Waals surface area contributed by atoms with Gasteiger partial charge in [-0.1, -0.05) is 20.8 Å². The Bertz CT molecular complexity index is 597. The number of rotatable bonds is 8. The molecule has 0 aliphatic rings. The van der Waals surface area contributed by atoms with Crippen LogP contribution in [-0.2, 0) is 10.0 Å². The van der Waals surface area contributed by atoms with Crippen molar-refractivity contribution in [2.75, 3.05) is 18.4 Å². The number of carbonyl (C=O) groups is 1. The maximum Gasteiger partial charge on any atom is 0.335 e. The predicted molar refractivity (Wildman–Crippen MR) is 82.2 cm³/mol. The molecular weight excluding hydrogens is 292 g/mol. The maximum absolute atomic E-state index is 12.3. The van der Waals surface area contributed by atoms with E-state index in [1.807, 2.05) is 20.8 Å². The first kappa shape index (κ1) is 17.5. The van der Waals surface area contributed by atoms with Gasteiger partial charge in [0, 0.05) is 13.1 Å². The lowest BCUT2D eigenvalue weighted by atomic mass is 10.2. The van der Waals surface area contributed by atoms with Crippen LogP contribution in [0.15, 0.2) is 23.1 Å². The molecule has 0 saturated heterocycles. The highest BCUT2D eigenvalue weighted by atomic mass is 32.2. The number of carboxylic acids is 1. The van der Waals surface area contributed by atoms with Crippen molar-refractivity contribution in [2.24, 2.45) is 5.92 Å². The van der Waals surface area contributed by atoms with Crippen LogP contribution in [0.25, 0.3) is 0 Å². The van der Waals surface area contributed by atoms with Crippen LogP contribution in [-0.4, -0.2) is 32.6 Å². The molecule has 0 spiro atoms. The van der Waals surface area contributed by atoms with E-state index in [1.54, 1.807) is 0 Å². The number of aromatic carboxylic acids is 1. The molecule has 0 heterocycles. The summed E-state index contributed by atoms with van der Waals surface area (Å²) in [5, 5.41) is 12.1. The summed E-state index contributed by atoms with van der Waals surface area (Å²) in [6.45, 7) is 6.77. The zero-order valence-electron chi connectivity index (χ0n) is 12.5. The van der Waals surface area contributed by atoms with Gasteiger partial charge in [-0.15, -0.1) is 0 Å². The summed E-state index contributed by atoms with van der Waals surface area (Å²) >= 11 is 0. The highest BCUT2D eigenvalue weighted by Crippen LogP contribution is 2.23. The largest absolute Gasteiger partial charge is 0.478 e. The number of carboxylic acid groups (broad SMARTS) is 1. The molecule has 6 nitrogen and oxygen atoms in total. The Labute approximate surface area is 125 Å². The van der Waals surface area contributed by atoms with E-state index in [9.17, 15) is 13.2 Å². The van der Waals surface area contributed by atoms with Gasteiger partial charge in [-0.2, -0.15) is 0 Å². The van der Waals surface area contributed by atoms with Gasteiger partial charge in [0.1, 0.15) is 4.90 Å². The fourth-order valence-electron chi connectivity index (χ4n) is 1.65. The second-order valence-electron chi connectivity index (χ2n) is 5.19. The SMILES string of the molecule is CCCNS(=O)(=O)c1cc(C(=O)O)ccc1NCC(C)C. The maximum atomic E-state index is 12.3. The number of hydrogen-bond acceptors (Lipinski definition) is 4. The summed E-state index contributed by atoms with van der Waals surface area (Å²) < 4.78 is 27.0. The highest BCUT2D eigenvalue weighted by Gasteiger charge is 2.20. The van der Waals surface area contributed by atoms with Gasteiger partial charge in [0.25, 0.3) is 0 Å². The van der Waals surface area contributed by atoms with Crippen LogP contribution in [0.5, 0.6) is 0 Å². The molecule has 7 heteroatoms. The van der Waals surface area contributed by atoms with Crippen molar-refractivity contribution in [2.45, 2.75) is 32.1 Å². The number of hydrogen-bond donors (Lipinski definition) is 3. The van der Waals surface area contributed by atoms with Crippen LogP contribution in [0.1, 0.15) is 37.6 Å². The highest BCUT2D eigenvalue weighted by molar-refractivity contribution is 7.89. The van der Waals surface area contributed by atoms with Gasteiger partial charge >= 0.3 is 5.97 Å². The van der Waals surface area contributed by atoms with Gasteiger partial charge in [0.2, 0.25) is 10.0 Å². The molecule has 0 aromatic heterocycles. The molecule has 0 aliphatic carbocycles. The Balaban J connectivity index is 3.22. The molecule has 21 heavy (non-hydrogen) atoms. The predicted octanol–water partition coefficient (Wildman–Crippen LogP) is 2.14. The Kier molecular flexibility index (Phi) is 6.17. The number of anilines is 1. The smallest absolute Gasteiger partial charge is 0.335 e. The van der Waals surface area contributed by atoms with Crippen molar-refractivity contribution in [3.8, 4) is 0 Å². The van der Waals surface area contributed by atoms with E-state index in [0.29, 0.717) is 31.1 Å². The molecule has 1 aromatic rings. The van der Waals surface area contributed by atoms with E-state index in [0.717, 1.165) is 0 Å². The first-order valence-electron chi connectivity index (χ1n) is 6.88. The first-order valence-corrected chi connectivity index (χ1v) is 8.37. The second-order valence-corrected chi connectivity index (χ2v) is 6.92. The van der Waals surface area contributed by atoms with Crippen molar-refractivity contribution < 1.29 is 18.3 Å². The van der Waals surface area contributed by atoms with E-state index in [1.165, 1.54) is 18.2 Å². The molecule has 3 N–H and O–H groups in total. The van der Waals surface area contributed by atoms with Crippen molar-refractivity contribution in [1.29, 1.82) is 0 Å². The van der Waals surface area contributed by atoms with Gasteiger partial charge in [0.05, 0.1) is 11.3 Å². The van der Waals surface area contributed by atoms with Crippen LogP contribution < -0.4 is 10.0 Å². The van der Waals surface area contributed by atoms with E-state index < -0.39 is 16.0 Å². The van der Waals surface area contributed by atoms with E-state index >= 15 is 0 Å². The molecule has 0 radical (unpaired) electrons. The van der Waals surface area contributed by atoms with Crippen molar-refractivity contribution in [3.05, 3.63) is 23.8 Å². The molecule has 1 aromatic carbocycles. The summed E-state index contributed by atoms with van der Waals surface area (Å²) in [5.74, 6) is -0.819. The Morgan fingerprint density at radius 3 is 2.52 bits per heavy atom. The van der Waals surface area contributed by atoms with Gasteiger partial charge in [-0.25, -0.2) is 17.9 Å². The number of benzene rings is 1. The summed E-state index contributed by atoms with van der Waals surface area (Å²) in [6.07, 6.45) is 0.659. The Morgan fingerprint density at radius 2 is 2.00 bits per heavy atom. The molecule has 1 rings (SSSR count). The fraction of sp³-hybridized carbons (Fsp3) is 0.500. The Morgan fingerprint density at radius 1 is 1.33 bits per heavy atom. The van der Waals surface area contributed by atoms with Crippen LogP contribution in [0.4, 0.5) is 5.69 Å². The van der Waals surface area contributed by atoms with Crippen molar-refractivity contribution >= 4 is 21.7 Å². The zero-order valence-corrected chi connectivity index (χ0v) is 13.3. The minimum absolute atomic E-state index is 0.0310. The second kappa shape index (κ2) is 7.42. The minimum atomic E-state index is -3.73. The minimum Gasteiger partial charge on any atom is -0.478 e. The monoisotopic (exact) mass is 314 g/mol. The molecular formula is C14H22N2O4S. The molecule has 0 aliphatic heterocycles. The average Bonchev–Trinajstić information content (AvgIpc) is 2.42. The molecule has 0 amide bonds. The van der Waals surface area contributed by atoms with E-state index in [2.05, 4.69) is 10.0 Å². The van der Waals surface area contributed by atoms with Crippen LogP contribution in [0.2, 0.25) is 0 Å². The normalized spacial score (nSPS) is 11.6. The van der Waals surface area contributed by atoms with Gasteiger partial charge < -0.3 is 10.4 Å². The van der Waals surface area contributed by atoms with Crippen LogP contribution >= 0.6 is 0 Å². The Hall–Kier alpha value is -1.60. The lowest BCUT2D eigenvalue weighted by molar-refractivity contribution is 0.0696. The molecule has 0 atom stereocenters. The van der Waals surface area contributed by atoms with Gasteiger partial charge in [-0.3, -0.25) is 0 Å². The third kappa shape index (κ3) is 5.02. The standard InChI is InChI=1S/C14H22N2O4S/c1-4-7-16-21(19,20)13-8-11(14(17)18)5-6-12(13)15-9-10(2)3/h5-6,8,10,15-16H,4,7,9H2,1-3H3,(H,17,18). The van der Waals surface area contributed by atoms with E-state index in [4.69, 9.17) is 5.11 Å². The molecule has 0 bridgehead atoms. The lowest BCUT2D eigenvalue weighted by Crippen LogP contribution is -2.26. The van der Waals surface area contributed by atoms with Crippen molar-refractivity contribution in [1.82, 2.24) is 4.72 Å². The lowest BCUT2D eigenvalue weighted by Gasteiger charge is -2.15. The number of nitrogens with one attached hydrogen (secondary N) is 2. The summed E-state index contributed by atoms with van der Waals surface area (Å²) in [5.41, 5.74) is 0.360. The summed E-state index contributed by atoms with van der Waals surface area (Å²) in [6, 6.07) is 4.07. The third-order valence-corrected chi connectivity index (χ3v) is 4.26. The summed E-state index contributed by atoms with van der Waals surface area (Å²) in [4.78, 5) is 11.0. The molecule has 0 unspecified atom stereocenters. The van der Waals surface area contributed by atoms with Crippen molar-refractivity contribution in [3.63, 3.8) is 0 Å². The third-order valence-electron chi connectivity index (χ3n) is 2.76. The van der Waals surface area contributed by atoms with Gasteiger partial charge in [0.15, 0.2) is 0 Å². The zero-order chi connectivity index (χ0) is 16.0.